The SMILES string of the molecule is CCOc1cccc2sc(=NC(=O)c3ccc(S(=O)(=O)N4CC5(C)CC4CC(C)(C)C5)cc3)n(CC)c12. The first kappa shape index (κ1) is 26.1. The number of thiazole rings is 1. The second kappa shape index (κ2) is 9.36. The molecular weight excluding hydrogens is 506 g/mol. The molecule has 1 aromatic heterocycles. The van der Waals surface area contributed by atoms with E-state index < -0.39 is 15.9 Å². The van der Waals surface area contributed by atoms with E-state index in [1.807, 2.05) is 36.6 Å². The van der Waals surface area contributed by atoms with E-state index >= 15 is 0 Å². The van der Waals surface area contributed by atoms with Gasteiger partial charge in [0, 0.05) is 24.7 Å². The van der Waals surface area contributed by atoms with Gasteiger partial charge in [0.25, 0.3) is 5.91 Å². The normalized spacial score (nSPS) is 24.0. The lowest BCUT2D eigenvalue weighted by molar-refractivity contribution is 0.0997. The molecular formula is C28H35N3O4S2. The predicted octanol–water partition coefficient (Wildman–Crippen LogP) is 5.45. The minimum atomic E-state index is -3.65. The summed E-state index contributed by atoms with van der Waals surface area (Å²) in [7, 11) is -3.65. The van der Waals surface area contributed by atoms with Gasteiger partial charge >= 0.3 is 0 Å². The van der Waals surface area contributed by atoms with Crippen molar-refractivity contribution in [2.75, 3.05) is 13.2 Å². The fourth-order valence-electron chi connectivity index (χ4n) is 6.49. The number of ether oxygens (including phenoxy) is 1. The Morgan fingerprint density at radius 1 is 1.11 bits per heavy atom. The minimum absolute atomic E-state index is 0.00914. The topological polar surface area (TPSA) is 81.0 Å². The van der Waals surface area contributed by atoms with Crippen molar-refractivity contribution >= 4 is 37.5 Å². The number of aromatic nitrogens is 1. The summed E-state index contributed by atoms with van der Waals surface area (Å²) < 4.78 is 37.6. The molecule has 0 spiro atoms. The summed E-state index contributed by atoms with van der Waals surface area (Å²) >= 11 is 1.44. The van der Waals surface area contributed by atoms with Gasteiger partial charge < -0.3 is 9.30 Å². The number of carbonyl (C=O) groups excluding carboxylic acids is 1. The highest BCUT2D eigenvalue weighted by molar-refractivity contribution is 7.89. The highest BCUT2D eigenvalue weighted by Gasteiger charge is 2.53. The Bertz CT molecular complexity index is 1520. The molecule has 2 aromatic carbocycles. The molecule has 1 saturated carbocycles. The monoisotopic (exact) mass is 541 g/mol. The van der Waals surface area contributed by atoms with Crippen LogP contribution in [-0.4, -0.2) is 42.4 Å². The van der Waals surface area contributed by atoms with E-state index in [-0.39, 0.29) is 21.8 Å². The third-order valence-corrected chi connectivity index (χ3v) is 10.5. The van der Waals surface area contributed by atoms with Gasteiger partial charge in [-0.25, -0.2) is 8.42 Å². The molecule has 2 heterocycles. The summed E-state index contributed by atoms with van der Waals surface area (Å²) in [6.07, 6.45) is 2.80. The van der Waals surface area contributed by atoms with Gasteiger partial charge in [0.1, 0.15) is 11.3 Å². The van der Waals surface area contributed by atoms with E-state index in [9.17, 15) is 13.2 Å². The lowest BCUT2D eigenvalue weighted by Crippen LogP contribution is -2.37. The van der Waals surface area contributed by atoms with Gasteiger partial charge in [-0.3, -0.25) is 4.79 Å². The van der Waals surface area contributed by atoms with Crippen molar-refractivity contribution in [2.24, 2.45) is 15.8 Å². The number of amides is 1. The van der Waals surface area contributed by atoms with Gasteiger partial charge in [0.15, 0.2) is 4.80 Å². The molecule has 1 amide bonds. The second-order valence-electron chi connectivity index (χ2n) is 11.4. The van der Waals surface area contributed by atoms with E-state index in [4.69, 9.17) is 4.74 Å². The number of aryl methyl sites for hydroxylation is 1. The van der Waals surface area contributed by atoms with E-state index in [1.54, 1.807) is 28.6 Å². The first-order chi connectivity index (χ1) is 17.5. The zero-order valence-electron chi connectivity index (χ0n) is 22.2. The average Bonchev–Trinajstić information content (AvgIpc) is 3.32. The molecule has 2 fully saturated rings. The number of benzene rings is 2. The zero-order valence-corrected chi connectivity index (χ0v) is 23.8. The van der Waals surface area contributed by atoms with Crippen molar-refractivity contribution in [1.82, 2.24) is 8.87 Å². The van der Waals surface area contributed by atoms with Gasteiger partial charge in [-0.05, 0) is 80.3 Å². The van der Waals surface area contributed by atoms with E-state index in [1.165, 1.54) is 11.3 Å². The van der Waals surface area contributed by atoms with Crippen LogP contribution < -0.4 is 9.54 Å². The van der Waals surface area contributed by atoms with Crippen LogP contribution in [-0.2, 0) is 16.6 Å². The Hall–Kier alpha value is -2.49. The number of sulfonamides is 1. The van der Waals surface area contributed by atoms with E-state index in [0.717, 1.165) is 35.2 Å². The largest absolute Gasteiger partial charge is 0.492 e. The molecule has 2 bridgehead atoms. The van der Waals surface area contributed by atoms with Crippen LogP contribution in [0.3, 0.4) is 0 Å². The van der Waals surface area contributed by atoms with Gasteiger partial charge in [-0.1, -0.05) is 38.2 Å². The molecule has 2 unspecified atom stereocenters. The average molecular weight is 542 g/mol. The summed E-state index contributed by atoms with van der Waals surface area (Å²) in [5.74, 6) is 0.368. The molecule has 0 N–H and O–H groups in total. The molecule has 0 radical (unpaired) electrons. The van der Waals surface area contributed by atoms with Crippen molar-refractivity contribution in [1.29, 1.82) is 0 Å². The van der Waals surface area contributed by atoms with Crippen molar-refractivity contribution in [3.05, 3.63) is 52.8 Å². The fraction of sp³-hybridized carbons (Fsp3) is 0.500. The zero-order chi connectivity index (χ0) is 26.6. The first-order valence-corrected chi connectivity index (χ1v) is 15.2. The standard InChI is InChI=1S/C28H35N3O4S2/c1-6-30-24-22(35-7-2)9-8-10-23(24)36-26(30)29-25(32)19-11-13-21(14-12-19)37(33,34)31-18-28(5)16-20(31)15-27(3,4)17-28/h8-14,20H,6-7,15-18H2,1-5H3. The summed E-state index contributed by atoms with van der Waals surface area (Å²) in [5, 5.41) is 0. The number of rotatable bonds is 6. The number of para-hydroxylation sites is 1. The number of hydrogen-bond donors (Lipinski definition) is 0. The third kappa shape index (κ3) is 4.77. The Morgan fingerprint density at radius 3 is 2.51 bits per heavy atom. The number of hydrogen-bond acceptors (Lipinski definition) is 5. The molecule has 1 aliphatic carbocycles. The molecule has 5 rings (SSSR count). The Balaban J connectivity index is 1.43. The molecule has 1 aliphatic heterocycles. The summed E-state index contributed by atoms with van der Waals surface area (Å²) in [6, 6.07) is 12.1. The Morgan fingerprint density at radius 2 is 1.84 bits per heavy atom. The van der Waals surface area contributed by atoms with Gasteiger partial charge in [0.2, 0.25) is 10.0 Å². The molecule has 2 aliphatic rings. The van der Waals surface area contributed by atoms with Crippen LogP contribution in [0.5, 0.6) is 5.75 Å². The van der Waals surface area contributed by atoms with Gasteiger partial charge in [-0.15, -0.1) is 0 Å². The maximum Gasteiger partial charge on any atom is 0.279 e. The quantitative estimate of drug-likeness (QED) is 0.416. The summed E-state index contributed by atoms with van der Waals surface area (Å²) in [6.45, 7) is 12.3. The Labute approximate surface area is 222 Å². The van der Waals surface area contributed by atoms with Gasteiger partial charge in [0.05, 0.1) is 16.2 Å². The van der Waals surface area contributed by atoms with Crippen LogP contribution in [0.25, 0.3) is 10.2 Å². The van der Waals surface area contributed by atoms with Crippen LogP contribution in [0.4, 0.5) is 0 Å². The summed E-state index contributed by atoms with van der Waals surface area (Å²) in [4.78, 5) is 18.3. The number of carbonyl (C=O) groups is 1. The summed E-state index contributed by atoms with van der Waals surface area (Å²) in [5.41, 5.74) is 1.43. The van der Waals surface area contributed by atoms with Crippen molar-refractivity contribution < 1.29 is 17.9 Å². The third-order valence-electron chi connectivity index (χ3n) is 7.55. The molecule has 1 saturated heterocycles. The molecule has 9 heteroatoms. The Kier molecular flexibility index (Phi) is 6.61. The molecule has 2 atom stereocenters. The second-order valence-corrected chi connectivity index (χ2v) is 14.3. The van der Waals surface area contributed by atoms with Crippen LogP contribution in [0.2, 0.25) is 0 Å². The van der Waals surface area contributed by atoms with Crippen molar-refractivity contribution in [3.63, 3.8) is 0 Å². The maximum absolute atomic E-state index is 13.6. The van der Waals surface area contributed by atoms with Crippen LogP contribution in [0.15, 0.2) is 52.4 Å². The molecule has 37 heavy (non-hydrogen) atoms. The lowest BCUT2D eigenvalue weighted by atomic mass is 9.65. The number of nitrogens with zero attached hydrogens (tertiary/aromatic N) is 3. The predicted molar refractivity (Wildman–Crippen MR) is 146 cm³/mol. The lowest BCUT2D eigenvalue weighted by Gasteiger charge is -2.39. The van der Waals surface area contributed by atoms with Crippen molar-refractivity contribution in [3.8, 4) is 5.75 Å². The minimum Gasteiger partial charge on any atom is -0.492 e. The molecule has 3 aromatic rings. The van der Waals surface area contributed by atoms with Crippen LogP contribution in [0, 0.1) is 10.8 Å². The van der Waals surface area contributed by atoms with Crippen molar-refractivity contribution in [2.45, 2.75) is 71.4 Å². The molecule has 198 valence electrons. The number of fused-ring (bicyclic) bond motifs is 3. The fourth-order valence-corrected chi connectivity index (χ4v) is 9.38. The highest BCUT2D eigenvalue weighted by atomic mass is 32.2. The van der Waals surface area contributed by atoms with Crippen LogP contribution in [0.1, 0.15) is 64.2 Å². The van der Waals surface area contributed by atoms with E-state index in [2.05, 4.69) is 25.8 Å². The maximum atomic E-state index is 13.6. The highest BCUT2D eigenvalue weighted by Crippen LogP contribution is 2.53. The smallest absolute Gasteiger partial charge is 0.279 e. The van der Waals surface area contributed by atoms with Crippen LogP contribution >= 0.6 is 11.3 Å². The van der Waals surface area contributed by atoms with E-state index in [0.29, 0.717) is 30.1 Å². The first-order valence-electron chi connectivity index (χ1n) is 12.9. The molecule has 7 nitrogen and oxygen atoms in total. The van der Waals surface area contributed by atoms with Gasteiger partial charge in [-0.2, -0.15) is 9.30 Å².